The summed E-state index contributed by atoms with van der Waals surface area (Å²) in [5.74, 6) is -1.64. The number of ether oxygens (including phenoxy) is 1. The smallest absolute Gasteiger partial charge is 0.397 e. The van der Waals surface area contributed by atoms with Crippen LogP contribution in [0.5, 0.6) is 0 Å². The molecule has 1 rings (SSSR count). The summed E-state index contributed by atoms with van der Waals surface area (Å²) < 4.78 is 5.11. The number of hydrogen-bond acceptors (Lipinski definition) is 3. The van der Waals surface area contributed by atoms with Crippen molar-refractivity contribution in [2.45, 2.75) is 40.3 Å². The number of amides is 1. The molecule has 1 atom stereocenters. The Bertz CT molecular complexity index is 494. The van der Waals surface area contributed by atoms with E-state index in [4.69, 9.17) is 16.3 Å². The SMILES string of the molecule is C[C@@H](OC(=O)C(=O)NCc1ccccc1Cl)C(C)(C)C. The number of carbonyl (C=O) groups excluding carboxylic acids is 2. The second-order valence-corrected chi connectivity index (χ2v) is 6.09. The Kier molecular flexibility index (Phi) is 5.57. The van der Waals surface area contributed by atoms with E-state index in [1.807, 2.05) is 26.8 Å². The molecule has 110 valence electrons. The van der Waals surface area contributed by atoms with Gasteiger partial charge in [-0.15, -0.1) is 0 Å². The van der Waals surface area contributed by atoms with Gasteiger partial charge in [0.2, 0.25) is 0 Å². The van der Waals surface area contributed by atoms with Gasteiger partial charge in [-0.2, -0.15) is 0 Å². The predicted molar refractivity (Wildman–Crippen MR) is 78.3 cm³/mol. The Morgan fingerprint density at radius 1 is 1.30 bits per heavy atom. The molecule has 0 unspecified atom stereocenters. The molecule has 0 aliphatic rings. The van der Waals surface area contributed by atoms with Crippen molar-refractivity contribution in [3.8, 4) is 0 Å². The number of esters is 1. The van der Waals surface area contributed by atoms with Crippen LogP contribution < -0.4 is 5.32 Å². The van der Waals surface area contributed by atoms with Crippen LogP contribution in [0.4, 0.5) is 0 Å². The van der Waals surface area contributed by atoms with Crippen LogP contribution in [0.25, 0.3) is 0 Å². The van der Waals surface area contributed by atoms with Crippen molar-refractivity contribution < 1.29 is 14.3 Å². The van der Waals surface area contributed by atoms with Crippen LogP contribution in [0.15, 0.2) is 24.3 Å². The molecule has 0 heterocycles. The fraction of sp³-hybridized carbons (Fsp3) is 0.467. The third-order valence-electron chi connectivity index (χ3n) is 3.09. The van der Waals surface area contributed by atoms with Crippen LogP contribution in [0, 0.1) is 5.41 Å². The lowest BCUT2D eigenvalue weighted by atomic mass is 9.90. The first-order valence-electron chi connectivity index (χ1n) is 6.44. The molecule has 0 fully saturated rings. The Morgan fingerprint density at radius 2 is 1.90 bits per heavy atom. The van der Waals surface area contributed by atoms with E-state index in [1.54, 1.807) is 25.1 Å². The zero-order valence-electron chi connectivity index (χ0n) is 12.2. The predicted octanol–water partition coefficient (Wildman–Crippen LogP) is 2.93. The van der Waals surface area contributed by atoms with Gasteiger partial charge in [-0.25, -0.2) is 4.79 Å². The van der Waals surface area contributed by atoms with Crippen molar-refractivity contribution in [1.29, 1.82) is 0 Å². The Morgan fingerprint density at radius 3 is 2.45 bits per heavy atom. The largest absolute Gasteiger partial charge is 0.455 e. The van der Waals surface area contributed by atoms with Crippen molar-refractivity contribution in [2.24, 2.45) is 5.41 Å². The van der Waals surface area contributed by atoms with Gasteiger partial charge in [0.25, 0.3) is 0 Å². The fourth-order valence-corrected chi connectivity index (χ4v) is 1.48. The third kappa shape index (κ3) is 4.85. The number of hydrogen-bond donors (Lipinski definition) is 1. The highest BCUT2D eigenvalue weighted by molar-refractivity contribution is 6.33. The fourth-order valence-electron chi connectivity index (χ4n) is 1.28. The van der Waals surface area contributed by atoms with E-state index in [0.29, 0.717) is 5.02 Å². The first kappa shape index (κ1) is 16.5. The molecule has 0 aliphatic heterocycles. The standard InChI is InChI=1S/C15H20ClNO3/c1-10(15(2,3)4)20-14(19)13(18)17-9-11-7-5-6-8-12(11)16/h5-8,10H,9H2,1-4H3,(H,17,18)/t10-/m1/s1. The van der Waals surface area contributed by atoms with Crippen molar-refractivity contribution >= 4 is 23.5 Å². The summed E-state index contributed by atoms with van der Waals surface area (Å²) in [6.45, 7) is 7.77. The molecule has 20 heavy (non-hydrogen) atoms. The first-order chi connectivity index (χ1) is 9.21. The van der Waals surface area contributed by atoms with Crippen LogP contribution in [0.1, 0.15) is 33.3 Å². The van der Waals surface area contributed by atoms with Crippen LogP contribution in [0.2, 0.25) is 5.02 Å². The molecular formula is C15H20ClNO3. The lowest BCUT2D eigenvalue weighted by Crippen LogP contribution is -2.37. The maximum absolute atomic E-state index is 11.7. The van der Waals surface area contributed by atoms with E-state index >= 15 is 0 Å². The lowest BCUT2D eigenvalue weighted by molar-refractivity contribution is -0.162. The average molecular weight is 298 g/mol. The summed E-state index contributed by atoms with van der Waals surface area (Å²) >= 11 is 5.96. The zero-order chi connectivity index (χ0) is 15.3. The van der Waals surface area contributed by atoms with E-state index in [1.165, 1.54) is 0 Å². The molecule has 0 bridgehead atoms. The highest BCUT2D eigenvalue weighted by atomic mass is 35.5. The maximum Gasteiger partial charge on any atom is 0.397 e. The monoisotopic (exact) mass is 297 g/mol. The summed E-state index contributed by atoms with van der Waals surface area (Å²) in [7, 11) is 0. The van der Waals surface area contributed by atoms with Crippen molar-refractivity contribution in [2.75, 3.05) is 0 Å². The molecule has 1 aromatic carbocycles. The second-order valence-electron chi connectivity index (χ2n) is 5.69. The van der Waals surface area contributed by atoms with Gasteiger partial charge in [-0.3, -0.25) is 4.79 Å². The molecule has 0 saturated carbocycles. The quantitative estimate of drug-likeness (QED) is 0.689. The molecule has 0 saturated heterocycles. The van der Waals surface area contributed by atoms with Crippen LogP contribution in [0.3, 0.4) is 0 Å². The number of nitrogens with one attached hydrogen (secondary N) is 1. The lowest BCUT2D eigenvalue weighted by Gasteiger charge is -2.26. The summed E-state index contributed by atoms with van der Waals surface area (Å²) in [5, 5.41) is 3.04. The minimum absolute atomic E-state index is 0.192. The van der Waals surface area contributed by atoms with Gasteiger partial charge >= 0.3 is 11.9 Å². The van der Waals surface area contributed by atoms with Gasteiger partial charge in [0.1, 0.15) is 6.10 Å². The molecule has 0 aromatic heterocycles. The summed E-state index contributed by atoms with van der Waals surface area (Å²) in [6.07, 6.45) is -0.346. The van der Waals surface area contributed by atoms with Gasteiger partial charge in [0, 0.05) is 11.6 Å². The van der Waals surface area contributed by atoms with Crippen LogP contribution in [-0.4, -0.2) is 18.0 Å². The molecule has 5 heteroatoms. The Hall–Kier alpha value is -1.55. The maximum atomic E-state index is 11.7. The molecule has 1 N–H and O–H groups in total. The van der Waals surface area contributed by atoms with E-state index in [2.05, 4.69) is 5.32 Å². The third-order valence-corrected chi connectivity index (χ3v) is 3.45. The number of halogens is 1. The summed E-state index contributed by atoms with van der Waals surface area (Å²) in [6, 6.07) is 7.12. The number of benzene rings is 1. The zero-order valence-corrected chi connectivity index (χ0v) is 13.0. The number of carbonyl (C=O) groups is 2. The summed E-state index contributed by atoms with van der Waals surface area (Å²) in [4.78, 5) is 23.3. The highest BCUT2D eigenvalue weighted by Crippen LogP contribution is 2.21. The molecule has 4 nitrogen and oxygen atoms in total. The topological polar surface area (TPSA) is 55.4 Å². The molecule has 0 radical (unpaired) electrons. The Balaban J connectivity index is 2.51. The molecule has 1 amide bonds. The van der Waals surface area contributed by atoms with Gasteiger partial charge in [-0.1, -0.05) is 50.6 Å². The average Bonchev–Trinajstić information content (AvgIpc) is 2.36. The van der Waals surface area contributed by atoms with Crippen molar-refractivity contribution in [3.05, 3.63) is 34.9 Å². The summed E-state index contributed by atoms with van der Waals surface area (Å²) in [5.41, 5.74) is 0.540. The molecule has 0 aliphatic carbocycles. The molecular weight excluding hydrogens is 278 g/mol. The molecule has 1 aromatic rings. The molecule has 0 spiro atoms. The van der Waals surface area contributed by atoms with E-state index in [0.717, 1.165) is 5.56 Å². The van der Waals surface area contributed by atoms with Crippen LogP contribution >= 0.6 is 11.6 Å². The second kappa shape index (κ2) is 6.75. The van der Waals surface area contributed by atoms with Gasteiger partial charge in [0.15, 0.2) is 0 Å². The minimum atomic E-state index is -0.875. The van der Waals surface area contributed by atoms with Crippen molar-refractivity contribution in [1.82, 2.24) is 5.32 Å². The van der Waals surface area contributed by atoms with Crippen molar-refractivity contribution in [3.63, 3.8) is 0 Å². The van der Waals surface area contributed by atoms with Crippen LogP contribution in [-0.2, 0) is 20.9 Å². The number of rotatable bonds is 3. The van der Waals surface area contributed by atoms with E-state index in [-0.39, 0.29) is 18.1 Å². The highest BCUT2D eigenvalue weighted by Gasteiger charge is 2.26. The Labute approximate surface area is 124 Å². The first-order valence-corrected chi connectivity index (χ1v) is 6.82. The van der Waals surface area contributed by atoms with E-state index < -0.39 is 11.9 Å². The van der Waals surface area contributed by atoms with Gasteiger partial charge in [0.05, 0.1) is 0 Å². The van der Waals surface area contributed by atoms with E-state index in [9.17, 15) is 9.59 Å². The minimum Gasteiger partial charge on any atom is -0.455 e. The normalized spacial score (nSPS) is 12.7. The van der Waals surface area contributed by atoms with Gasteiger partial charge < -0.3 is 10.1 Å². The van der Waals surface area contributed by atoms with Gasteiger partial charge in [-0.05, 0) is 24.0 Å².